The molecule has 0 unspecified atom stereocenters. The average Bonchev–Trinajstić information content (AvgIpc) is 2.96. The molecule has 0 spiro atoms. The van der Waals surface area contributed by atoms with Crippen LogP contribution in [0, 0.1) is 0 Å². The molecule has 4 heterocycles. The Morgan fingerprint density at radius 2 is 1.67 bits per heavy atom. The molecule has 1 saturated heterocycles. The Morgan fingerprint density at radius 1 is 0.923 bits per heavy atom. The molecule has 4 aromatic rings. The summed E-state index contributed by atoms with van der Waals surface area (Å²) in [4.78, 5) is 18.1. The van der Waals surface area contributed by atoms with Gasteiger partial charge in [0.2, 0.25) is 5.95 Å². The van der Waals surface area contributed by atoms with E-state index in [-0.39, 0.29) is 4.90 Å². The number of fused-ring (bicyclic) bond motifs is 3. The van der Waals surface area contributed by atoms with Crippen LogP contribution < -0.4 is 14.5 Å². The summed E-state index contributed by atoms with van der Waals surface area (Å²) in [6.07, 6.45) is 5.60. The van der Waals surface area contributed by atoms with Crippen LogP contribution in [0.1, 0.15) is 13.3 Å². The third-order valence-electron chi connectivity index (χ3n) is 7.28. The van der Waals surface area contributed by atoms with Crippen LogP contribution in [-0.2, 0) is 10.0 Å². The Balaban J connectivity index is 1.35. The van der Waals surface area contributed by atoms with Gasteiger partial charge < -0.3 is 15.1 Å². The van der Waals surface area contributed by atoms with Gasteiger partial charge in [0.15, 0.2) is 0 Å². The van der Waals surface area contributed by atoms with Gasteiger partial charge >= 0.3 is 0 Å². The van der Waals surface area contributed by atoms with Crippen molar-refractivity contribution in [2.24, 2.45) is 0 Å². The Hall–Kier alpha value is -4.02. The summed E-state index contributed by atoms with van der Waals surface area (Å²) in [6, 6.07) is 17.9. The van der Waals surface area contributed by atoms with E-state index in [0.717, 1.165) is 48.6 Å². The Morgan fingerprint density at radius 3 is 2.38 bits per heavy atom. The van der Waals surface area contributed by atoms with E-state index in [1.54, 1.807) is 12.4 Å². The molecule has 2 aromatic heterocycles. The van der Waals surface area contributed by atoms with E-state index in [4.69, 9.17) is 4.98 Å². The minimum atomic E-state index is -3.79. The van der Waals surface area contributed by atoms with Gasteiger partial charge in [0.1, 0.15) is 4.90 Å². The van der Waals surface area contributed by atoms with Crippen LogP contribution in [0.2, 0.25) is 0 Å². The molecule has 10 heteroatoms. The second-order valence-corrected chi connectivity index (χ2v) is 11.7. The normalized spacial score (nSPS) is 16.5. The quantitative estimate of drug-likeness (QED) is 0.378. The monoisotopic (exact) mass is 541 g/mol. The number of hydrogen-bond acceptors (Lipinski definition) is 8. The SMILES string of the molecule is CCCN1c2ccc(-c3ccncc3)cc2-c2nc(Nc3ccc(N4CCN(C)CC4)cc3)ncc2S1(=O)=O. The molecule has 1 N–H and O–H groups in total. The van der Waals surface area contributed by atoms with Crippen molar-refractivity contribution in [2.75, 3.05) is 54.3 Å². The zero-order chi connectivity index (χ0) is 27.0. The molecular weight excluding hydrogens is 510 g/mol. The number of piperazine rings is 1. The van der Waals surface area contributed by atoms with Crippen molar-refractivity contribution < 1.29 is 8.42 Å². The molecule has 0 radical (unpaired) electrons. The highest BCUT2D eigenvalue weighted by molar-refractivity contribution is 7.93. The number of rotatable bonds is 6. The van der Waals surface area contributed by atoms with Gasteiger partial charge in [-0.15, -0.1) is 0 Å². The highest BCUT2D eigenvalue weighted by Crippen LogP contribution is 2.44. The highest BCUT2D eigenvalue weighted by Gasteiger charge is 2.36. The molecule has 200 valence electrons. The lowest BCUT2D eigenvalue weighted by Gasteiger charge is -2.34. The second kappa shape index (κ2) is 10.3. The molecule has 0 bridgehead atoms. The first-order valence-corrected chi connectivity index (χ1v) is 14.6. The molecule has 2 aliphatic rings. The van der Waals surface area contributed by atoms with E-state index in [0.29, 0.717) is 30.3 Å². The lowest BCUT2D eigenvalue weighted by molar-refractivity contribution is 0.313. The maximum absolute atomic E-state index is 13.6. The molecule has 0 atom stereocenters. The molecule has 0 aliphatic carbocycles. The number of nitrogens with one attached hydrogen (secondary N) is 1. The van der Waals surface area contributed by atoms with Crippen LogP contribution in [-0.4, -0.2) is 68.0 Å². The van der Waals surface area contributed by atoms with Crippen LogP contribution in [0.15, 0.2) is 78.1 Å². The smallest absolute Gasteiger partial charge is 0.268 e. The number of nitrogens with zero attached hydrogens (tertiary/aromatic N) is 6. The van der Waals surface area contributed by atoms with E-state index in [1.165, 1.54) is 16.2 Å². The van der Waals surface area contributed by atoms with Gasteiger partial charge in [0.05, 0.1) is 17.6 Å². The summed E-state index contributed by atoms with van der Waals surface area (Å²) in [6.45, 7) is 6.44. The number of hydrogen-bond donors (Lipinski definition) is 1. The van der Waals surface area contributed by atoms with Crippen molar-refractivity contribution in [3.63, 3.8) is 0 Å². The lowest BCUT2D eigenvalue weighted by atomic mass is 10.0. The van der Waals surface area contributed by atoms with Crippen molar-refractivity contribution in [1.82, 2.24) is 19.9 Å². The fourth-order valence-electron chi connectivity index (χ4n) is 5.12. The van der Waals surface area contributed by atoms with Crippen LogP contribution >= 0.6 is 0 Å². The van der Waals surface area contributed by atoms with Crippen molar-refractivity contribution in [1.29, 1.82) is 0 Å². The predicted octanol–water partition coefficient (Wildman–Crippen LogP) is 4.62. The maximum Gasteiger partial charge on any atom is 0.268 e. The average molecular weight is 542 g/mol. The fourth-order valence-corrected chi connectivity index (χ4v) is 6.79. The van der Waals surface area contributed by atoms with E-state index < -0.39 is 10.0 Å². The van der Waals surface area contributed by atoms with Crippen molar-refractivity contribution in [3.8, 4) is 22.4 Å². The zero-order valence-corrected chi connectivity index (χ0v) is 22.9. The van der Waals surface area contributed by atoms with Crippen LogP contribution in [0.5, 0.6) is 0 Å². The number of pyridine rings is 1. The molecule has 0 saturated carbocycles. The van der Waals surface area contributed by atoms with Gasteiger partial charge in [-0.05, 0) is 73.1 Å². The molecule has 39 heavy (non-hydrogen) atoms. The number of anilines is 4. The number of likely N-dealkylation sites (N-methyl/N-ethyl adjacent to an activating group) is 1. The molecular formula is C29H31N7O2S. The maximum atomic E-state index is 13.6. The lowest BCUT2D eigenvalue weighted by Crippen LogP contribution is -2.44. The molecule has 2 aromatic carbocycles. The van der Waals surface area contributed by atoms with Crippen LogP contribution in [0.3, 0.4) is 0 Å². The summed E-state index contributed by atoms with van der Waals surface area (Å²) in [7, 11) is -1.64. The minimum Gasteiger partial charge on any atom is -0.369 e. The number of benzene rings is 2. The van der Waals surface area contributed by atoms with E-state index in [1.807, 2.05) is 49.4 Å². The van der Waals surface area contributed by atoms with Crippen LogP contribution in [0.4, 0.5) is 23.0 Å². The first kappa shape index (κ1) is 25.3. The van der Waals surface area contributed by atoms with Crippen molar-refractivity contribution in [2.45, 2.75) is 18.2 Å². The van der Waals surface area contributed by atoms with E-state index in [9.17, 15) is 8.42 Å². The predicted molar refractivity (Wildman–Crippen MR) is 155 cm³/mol. The molecule has 2 aliphatic heterocycles. The minimum absolute atomic E-state index is 0.117. The first-order valence-electron chi connectivity index (χ1n) is 13.2. The number of aromatic nitrogens is 3. The molecule has 6 rings (SSSR count). The molecule has 9 nitrogen and oxygen atoms in total. The van der Waals surface area contributed by atoms with Gasteiger partial charge in [-0.1, -0.05) is 13.0 Å². The summed E-state index contributed by atoms with van der Waals surface area (Å²) in [5.41, 5.74) is 5.77. The van der Waals surface area contributed by atoms with Crippen molar-refractivity contribution in [3.05, 3.63) is 73.2 Å². The van der Waals surface area contributed by atoms with Gasteiger partial charge in [0.25, 0.3) is 10.0 Å². The van der Waals surface area contributed by atoms with Crippen LogP contribution in [0.25, 0.3) is 22.4 Å². The molecule has 1 fully saturated rings. The van der Waals surface area contributed by atoms with Gasteiger partial charge in [-0.25, -0.2) is 18.4 Å². The fraction of sp³-hybridized carbons (Fsp3) is 0.276. The molecule has 0 amide bonds. The summed E-state index contributed by atoms with van der Waals surface area (Å²) in [5, 5.41) is 3.27. The Kier molecular flexibility index (Phi) is 6.66. The standard InChI is InChI=1S/C29H31N7O2S/c1-3-14-36-26-9-4-22(21-10-12-30-13-11-21)19-25(26)28-27(39(36,37)38)20-31-29(33-28)32-23-5-7-24(8-6-23)35-17-15-34(2)16-18-35/h4-13,19-20H,3,14-18H2,1-2H3,(H,31,32,33). The summed E-state index contributed by atoms with van der Waals surface area (Å²) < 4.78 is 28.7. The Labute approximate surface area is 229 Å². The largest absolute Gasteiger partial charge is 0.369 e. The topological polar surface area (TPSA) is 94.6 Å². The third-order valence-corrected chi connectivity index (χ3v) is 9.09. The van der Waals surface area contributed by atoms with Gasteiger partial charge in [-0.2, -0.15) is 0 Å². The second-order valence-electron chi connectivity index (χ2n) is 9.91. The van der Waals surface area contributed by atoms with Crippen molar-refractivity contribution >= 4 is 33.0 Å². The van der Waals surface area contributed by atoms with Gasteiger partial charge in [0, 0.05) is 62.1 Å². The summed E-state index contributed by atoms with van der Waals surface area (Å²) >= 11 is 0. The zero-order valence-electron chi connectivity index (χ0n) is 22.1. The first-order chi connectivity index (χ1) is 18.9. The Bertz CT molecular complexity index is 1590. The number of sulfonamides is 1. The van der Waals surface area contributed by atoms with Gasteiger partial charge in [-0.3, -0.25) is 9.29 Å². The third kappa shape index (κ3) is 4.81. The van der Waals surface area contributed by atoms with E-state index in [2.05, 4.69) is 44.3 Å². The highest BCUT2D eigenvalue weighted by atomic mass is 32.2. The van der Waals surface area contributed by atoms with E-state index >= 15 is 0 Å². The summed E-state index contributed by atoms with van der Waals surface area (Å²) in [5.74, 6) is 0.348.